The van der Waals surface area contributed by atoms with Gasteiger partial charge in [0.15, 0.2) is 16.3 Å². The minimum absolute atomic E-state index is 0. The highest BCUT2D eigenvalue weighted by Crippen LogP contribution is 2.23. The molecule has 19 heavy (non-hydrogen) atoms. The second-order valence-corrected chi connectivity index (χ2v) is 4.43. The van der Waals surface area contributed by atoms with Crippen molar-refractivity contribution in [2.24, 2.45) is 0 Å². The van der Waals surface area contributed by atoms with E-state index >= 15 is 0 Å². The molecule has 0 aliphatic heterocycles. The maximum Gasteiger partial charge on any atom is 0.339 e. The molecule has 0 spiro atoms. The summed E-state index contributed by atoms with van der Waals surface area (Å²) in [6.07, 6.45) is 0.344. The first-order chi connectivity index (χ1) is 7.91. The Hall–Kier alpha value is -1.59. The zero-order valence-electron chi connectivity index (χ0n) is 10.3. The molecule has 1 amide bonds. The van der Waals surface area contributed by atoms with Crippen LogP contribution in [0.5, 0.6) is 5.75 Å². The van der Waals surface area contributed by atoms with Crippen molar-refractivity contribution in [2.75, 3.05) is 0 Å². The van der Waals surface area contributed by atoms with Crippen molar-refractivity contribution in [3.63, 3.8) is 0 Å². The molecule has 2 radical (unpaired) electrons. The molecule has 0 aromatic heterocycles. The van der Waals surface area contributed by atoms with Crippen LogP contribution in [0.25, 0.3) is 0 Å². The van der Waals surface area contributed by atoms with E-state index in [1.807, 2.05) is 0 Å². The molecule has 0 aliphatic carbocycles. The Morgan fingerprint density at radius 2 is 1.95 bits per heavy atom. The summed E-state index contributed by atoms with van der Waals surface area (Å²) in [6.45, 7) is 1.39. The van der Waals surface area contributed by atoms with E-state index < -0.39 is 5.97 Å². The van der Waals surface area contributed by atoms with Crippen LogP contribution in [0.1, 0.15) is 22.8 Å². The molecule has 7 N–H and O–H groups in total. The van der Waals surface area contributed by atoms with Crippen molar-refractivity contribution in [2.45, 2.75) is 18.2 Å². The van der Waals surface area contributed by atoms with Gasteiger partial charge in [0.1, 0.15) is 11.3 Å². The number of carboxylic acid groups (broad SMARTS) is 1. The van der Waals surface area contributed by atoms with Crippen LogP contribution in [0.15, 0.2) is 18.2 Å². The molecule has 0 heterocycles. The Labute approximate surface area is 118 Å². The van der Waals surface area contributed by atoms with Gasteiger partial charge < -0.3 is 26.5 Å². The van der Waals surface area contributed by atoms with Crippen molar-refractivity contribution in [3.8, 4) is 5.75 Å². The zero-order valence-corrected chi connectivity index (χ0v) is 11.5. The van der Waals surface area contributed by atoms with E-state index in [9.17, 15) is 14.7 Å². The molecule has 1 atom stereocenters. The van der Waals surface area contributed by atoms with Gasteiger partial charge in [0.05, 0.1) is 0 Å². The lowest BCUT2D eigenvalue weighted by Crippen LogP contribution is -2.35. The van der Waals surface area contributed by atoms with Crippen LogP contribution in [-0.4, -0.2) is 54.2 Å². The maximum atomic E-state index is 10.8. The predicted molar refractivity (Wildman–Crippen MR) is 69.4 cm³/mol. The number of nitrogens with one attached hydrogen (secondary N) is 1. The van der Waals surface area contributed by atoms with E-state index in [4.69, 9.17) is 5.11 Å². The molecule has 104 valence electrons. The number of rotatable bonds is 4. The Morgan fingerprint density at radius 3 is 2.42 bits per heavy atom. The Kier molecular flexibility index (Phi) is 8.84. The van der Waals surface area contributed by atoms with Crippen molar-refractivity contribution in [1.82, 2.24) is 5.32 Å². The molecule has 1 aromatic rings. The predicted octanol–water partition coefficient (Wildman–Crippen LogP) is -1.39. The second-order valence-electron chi connectivity index (χ2n) is 3.63. The largest absolute Gasteiger partial charge is 0.507 e. The van der Waals surface area contributed by atoms with Gasteiger partial charge in [-0.1, -0.05) is 12.1 Å². The number of aromatic hydroxyl groups is 1. The fourth-order valence-corrected chi connectivity index (χ4v) is 1.97. The van der Waals surface area contributed by atoms with Crippen LogP contribution in [0.4, 0.5) is 0 Å². The summed E-state index contributed by atoms with van der Waals surface area (Å²) in [7, 11) is 0. The second kappa shape index (κ2) is 8.50. The monoisotopic (exact) mass is 285 g/mol. The number of para-hydroxylation sites is 1. The van der Waals surface area contributed by atoms with Crippen LogP contribution in [0.2, 0.25) is 0 Å². The molecular weight excluding hydrogens is 269 g/mol. The molecule has 0 aliphatic rings. The van der Waals surface area contributed by atoms with E-state index in [1.54, 1.807) is 12.1 Å². The van der Waals surface area contributed by atoms with E-state index in [2.05, 4.69) is 21.6 Å². The van der Waals surface area contributed by atoms with Crippen LogP contribution >= 0.6 is 0 Å². The Bertz CT molecular complexity index is 451. The highest BCUT2D eigenvalue weighted by molar-refractivity contribution is 6.13. The topological polar surface area (TPSA) is 150 Å². The smallest absolute Gasteiger partial charge is 0.339 e. The number of benzene rings is 1. The van der Waals surface area contributed by atoms with E-state index in [1.165, 1.54) is 13.0 Å². The van der Waals surface area contributed by atoms with E-state index in [0.29, 0.717) is 12.0 Å². The average Bonchev–Trinajstić information content (AvgIpc) is 2.19. The lowest BCUT2D eigenvalue weighted by Gasteiger charge is -2.15. The maximum absolute atomic E-state index is 10.8. The molecule has 0 saturated heterocycles. The number of hydrogen-bond acceptors (Lipinski definition) is 3. The third-order valence-electron chi connectivity index (χ3n) is 2.18. The summed E-state index contributed by atoms with van der Waals surface area (Å²) in [4.78, 5) is 21.4. The van der Waals surface area contributed by atoms with Gasteiger partial charge >= 0.3 is 5.97 Å². The van der Waals surface area contributed by atoms with Gasteiger partial charge in [-0.25, -0.2) is 4.79 Å². The summed E-state index contributed by atoms with van der Waals surface area (Å²) in [5.74, 6) is -1.61. The highest BCUT2D eigenvalue weighted by Gasteiger charge is 2.14. The number of phenols is 1. The third-order valence-corrected chi connectivity index (χ3v) is 2.58. The number of carboxylic acids is 1. The van der Waals surface area contributed by atoms with Crippen molar-refractivity contribution in [3.05, 3.63) is 29.3 Å². The van der Waals surface area contributed by atoms with Crippen molar-refractivity contribution < 1.29 is 30.8 Å². The van der Waals surface area contributed by atoms with Crippen LogP contribution in [-0.2, 0) is 11.2 Å². The summed E-state index contributed by atoms with van der Waals surface area (Å²) >= 11 is 2.42. The lowest BCUT2D eigenvalue weighted by molar-refractivity contribution is -0.119. The van der Waals surface area contributed by atoms with E-state index in [0.717, 1.165) is 0 Å². The summed E-state index contributed by atoms with van der Waals surface area (Å²) in [5.41, 5.74) is 0.348. The van der Waals surface area contributed by atoms with Crippen LogP contribution in [0, 0.1) is 0 Å². The zero-order chi connectivity index (χ0) is 13.0. The van der Waals surface area contributed by atoms with Gasteiger partial charge in [-0.15, -0.1) is 0 Å². The van der Waals surface area contributed by atoms with Gasteiger partial charge in [-0.05, 0) is 23.0 Å². The van der Waals surface area contributed by atoms with Gasteiger partial charge in [0.25, 0.3) is 0 Å². The number of aromatic carboxylic acids is 1. The molecule has 7 nitrogen and oxygen atoms in total. The van der Waals surface area contributed by atoms with Gasteiger partial charge in [-0.3, -0.25) is 4.79 Å². The molecule has 0 unspecified atom stereocenters. The van der Waals surface area contributed by atoms with Gasteiger partial charge in [0, 0.05) is 6.92 Å². The van der Waals surface area contributed by atoms with Crippen molar-refractivity contribution >= 4 is 28.2 Å². The summed E-state index contributed by atoms with van der Waals surface area (Å²) in [6, 6.07) is 4.52. The first-order valence-corrected chi connectivity index (χ1v) is 5.65. The van der Waals surface area contributed by atoms with E-state index in [-0.39, 0.29) is 33.1 Å². The first kappa shape index (κ1) is 19.7. The molecule has 1 aromatic carbocycles. The minimum atomic E-state index is -1.18. The van der Waals surface area contributed by atoms with Gasteiger partial charge in [0.2, 0.25) is 5.91 Å². The third kappa shape index (κ3) is 5.72. The summed E-state index contributed by atoms with van der Waals surface area (Å²) < 4.78 is 0. The molecule has 0 fully saturated rings. The van der Waals surface area contributed by atoms with Crippen molar-refractivity contribution in [1.29, 1.82) is 0 Å². The molecule has 0 bridgehead atoms. The molecule has 8 heteroatoms. The quantitative estimate of drug-likeness (QED) is 0.584. The number of hydrogen-bond donors (Lipinski definition) is 3. The lowest BCUT2D eigenvalue weighted by atomic mass is 10.1. The first-order valence-electron chi connectivity index (χ1n) is 4.98. The fraction of sp³-hybridized carbons (Fsp3) is 0.273. The Morgan fingerprint density at radius 1 is 1.37 bits per heavy atom. The fourth-order valence-electron chi connectivity index (χ4n) is 1.48. The molecule has 0 saturated carbocycles. The number of amides is 1. The Balaban J connectivity index is 0. The average molecular weight is 285 g/mol. The van der Waals surface area contributed by atoms with Gasteiger partial charge in [-0.2, -0.15) is 0 Å². The number of carbonyl (C=O) groups is 2. The molecular formula is C11H16AlNO6. The minimum Gasteiger partial charge on any atom is -0.507 e. The highest BCUT2D eigenvalue weighted by atomic mass is 27.0. The summed E-state index contributed by atoms with van der Waals surface area (Å²) in [5, 5.41) is 21.2. The number of carbonyl (C=O) groups excluding carboxylic acids is 1. The van der Waals surface area contributed by atoms with Crippen LogP contribution in [0.3, 0.4) is 0 Å². The SMILES string of the molecule is CC(=O)N[C@H]([Al])Cc1cccc(C(=O)O)c1O.O.O. The standard InChI is InChI=1S/C11H12NO4.Al.2H2O/c1-7(13)12-6-5-8-3-2-4-9(10(8)14)11(15)16;;;/h2-4,6,14H,5H2,1H3,(H,12,13)(H,15,16);;2*1H2. The normalized spacial score (nSPS) is 10.6. The van der Waals surface area contributed by atoms with Crippen LogP contribution < -0.4 is 5.32 Å². The molecule has 1 rings (SSSR count).